The van der Waals surface area contributed by atoms with Gasteiger partial charge in [0.1, 0.15) is 0 Å². The summed E-state index contributed by atoms with van der Waals surface area (Å²) in [6.07, 6.45) is 5.94. The Morgan fingerprint density at radius 2 is 1.84 bits per heavy atom. The molecule has 0 aromatic heterocycles. The maximum atomic E-state index is 11.9. The van der Waals surface area contributed by atoms with E-state index in [-0.39, 0.29) is 12.1 Å². The van der Waals surface area contributed by atoms with Crippen molar-refractivity contribution >= 4 is 11.7 Å². The number of nitrogens with one attached hydrogen (secondary N) is 2. The van der Waals surface area contributed by atoms with Crippen LogP contribution >= 0.6 is 0 Å². The minimum absolute atomic E-state index is 0.0100. The van der Waals surface area contributed by atoms with Crippen LogP contribution in [0.15, 0.2) is 24.3 Å². The molecule has 4 heteroatoms. The van der Waals surface area contributed by atoms with Gasteiger partial charge in [-0.2, -0.15) is 0 Å². The van der Waals surface area contributed by atoms with Crippen LogP contribution in [-0.4, -0.2) is 12.1 Å². The third kappa shape index (κ3) is 4.16. The van der Waals surface area contributed by atoms with Crippen molar-refractivity contribution < 1.29 is 4.79 Å². The Morgan fingerprint density at radius 1 is 1.21 bits per heavy atom. The molecule has 1 aliphatic carbocycles. The Morgan fingerprint density at radius 3 is 2.47 bits per heavy atom. The number of carbonyl (C=O) groups is 1. The number of anilines is 1. The number of rotatable bonds is 3. The first-order valence-corrected chi connectivity index (χ1v) is 7.07. The van der Waals surface area contributed by atoms with Gasteiger partial charge in [0.25, 0.3) is 0 Å². The highest BCUT2D eigenvalue weighted by molar-refractivity contribution is 5.74. The van der Waals surface area contributed by atoms with Gasteiger partial charge in [-0.1, -0.05) is 31.4 Å². The van der Waals surface area contributed by atoms with Gasteiger partial charge in [-0.15, -0.1) is 0 Å². The topological polar surface area (TPSA) is 67.2 Å². The zero-order valence-corrected chi connectivity index (χ0v) is 11.5. The Labute approximate surface area is 114 Å². The Bertz CT molecular complexity index is 410. The minimum Gasteiger partial charge on any atom is -0.399 e. The van der Waals surface area contributed by atoms with Gasteiger partial charge in [-0.05, 0) is 37.5 Å². The van der Waals surface area contributed by atoms with Crippen LogP contribution in [0.2, 0.25) is 0 Å². The van der Waals surface area contributed by atoms with Crippen LogP contribution in [0.4, 0.5) is 10.5 Å². The zero-order valence-electron chi connectivity index (χ0n) is 11.5. The van der Waals surface area contributed by atoms with E-state index in [1.165, 1.54) is 19.3 Å². The highest BCUT2D eigenvalue weighted by atomic mass is 16.2. The van der Waals surface area contributed by atoms with Gasteiger partial charge >= 0.3 is 6.03 Å². The molecule has 2 rings (SSSR count). The van der Waals surface area contributed by atoms with E-state index in [0.29, 0.717) is 6.04 Å². The summed E-state index contributed by atoms with van der Waals surface area (Å²) in [6, 6.07) is 7.86. The predicted molar refractivity (Wildman–Crippen MR) is 77.8 cm³/mol. The van der Waals surface area contributed by atoms with E-state index < -0.39 is 0 Å². The normalized spacial score (nSPS) is 17.7. The molecule has 1 aromatic rings. The zero-order chi connectivity index (χ0) is 13.7. The number of carbonyl (C=O) groups excluding carboxylic acids is 1. The van der Waals surface area contributed by atoms with Crippen molar-refractivity contribution in [2.24, 2.45) is 0 Å². The van der Waals surface area contributed by atoms with E-state index in [4.69, 9.17) is 5.73 Å². The second-order valence-corrected chi connectivity index (χ2v) is 5.34. The van der Waals surface area contributed by atoms with Crippen molar-refractivity contribution in [3.8, 4) is 0 Å². The molecule has 19 heavy (non-hydrogen) atoms. The summed E-state index contributed by atoms with van der Waals surface area (Å²) in [5.74, 6) is 0. The van der Waals surface area contributed by atoms with Crippen LogP contribution in [-0.2, 0) is 0 Å². The average molecular weight is 261 g/mol. The van der Waals surface area contributed by atoms with Crippen molar-refractivity contribution in [3.05, 3.63) is 29.8 Å². The van der Waals surface area contributed by atoms with E-state index in [1.807, 2.05) is 31.2 Å². The fourth-order valence-corrected chi connectivity index (χ4v) is 2.54. The molecule has 0 spiro atoms. The van der Waals surface area contributed by atoms with Crippen LogP contribution in [0.1, 0.15) is 50.6 Å². The lowest BCUT2D eigenvalue weighted by Crippen LogP contribution is -2.43. The van der Waals surface area contributed by atoms with Crippen LogP contribution in [0.3, 0.4) is 0 Å². The lowest BCUT2D eigenvalue weighted by atomic mass is 9.96. The largest absolute Gasteiger partial charge is 0.399 e. The van der Waals surface area contributed by atoms with E-state index in [0.717, 1.165) is 24.1 Å². The van der Waals surface area contributed by atoms with Crippen LogP contribution in [0, 0.1) is 0 Å². The number of nitrogens with two attached hydrogens (primary N) is 1. The smallest absolute Gasteiger partial charge is 0.315 e. The van der Waals surface area contributed by atoms with Gasteiger partial charge in [0.2, 0.25) is 0 Å². The molecule has 0 saturated heterocycles. The summed E-state index contributed by atoms with van der Waals surface area (Å²) >= 11 is 0. The second kappa shape index (κ2) is 6.45. The van der Waals surface area contributed by atoms with Gasteiger partial charge in [0.15, 0.2) is 0 Å². The predicted octanol–water partition coefficient (Wildman–Crippen LogP) is 2.96. The number of amides is 2. The molecule has 1 saturated carbocycles. The Hall–Kier alpha value is -1.71. The van der Waals surface area contributed by atoms with Gasteiger partial charge < -0.3 is 16.4 Å². The highest BCUT2D eigenvalue weighted by Crippen LogP contribution is 2.18. The van der Waals surface area contributed by atoms with Gasteiger partial charge in [-0.25, -0.2) is 4.79 Å². The molecule has 1 aliphatic rings. The van der Waals surface area contributed by atoms with Crippen LogP contribution in [0.25, 0.3) is 0 Å². The third-order valence-electron chi connectivity index (χ3n) is 3.72. The minimum atomic E-state index is -0.0729. The van der Waals surface area contributed by atoms with Crippen molar-refractivity contribution in [2.45, 2.75) is 51.1 Å². The van der Waals surface area contributed by atoms with E-state index in [9.17, 15) is 4.79 Å². The molecular formula is C15H23N3O. The number of hydrogen-bond acceptors (Lipinski definition) is 2. The molecule has 0 aliphatic heterocycles. The number of urea groups is 1. The summed E-state index contributed by atoms with van der Waals surface area (Å²) in [5.41, 5.74) is 7.45. The Kier molecular flexibility index (Phi) is 4.66. The maximum absolute atomic E-state index is 11.9. The first kappa shape index (κ1) is 13.7. The average Bonchev–Trinajstić information content (AvgIpc) is 2.40. The number of nitrogen functional groups attached to an aromatic ring is 1. The second-order valence-electron chi connectivity index (χ2n) is 5.34. The molecule has 0 radical (unpaired) electrons. The van der Waals surface area contributed by atoms with Gasteiger partial charge in [-0.3, -0.25) is 0 Å². The molecule has 1 atom stereocenters. The third-order valence-corrected chi connectivity index (χ3v) is 3.72. The molecule has 104 valence electrons. The molecule has 0 heterocycles. The molecule has 4 nitrogen and oxygen atoms in total. The van der Waals surface area contributed by atoms with Crippen molar-refractivity contribution in [1.29, 1.82) is 0 Å². The van der Waals surface area contributed by atoms with Gasteiger partial charge in [0, 0.05) is 11.7 Å². The van der Waals surface area contributed by atoms with Crippen molar-refractivity contribution in [2.75, 3.05) is 5.73 Å². The lowest BCUT2D eigenvalue weighted by Gasteiger charge is -2.24. The Balaban J connectivity index is 1.82. The van der Waals surface area contributed by atoms with Crippen LogP contribution in [0.5, 0.6) is 0 Å². The molecule has 4 N–H and O–H groups in total. The summed E-state index contributed by atoms with van der Waals surface area (Å²) in [6.45, 7) is 1.98. The summed E-state index contributed by atoms with van der Waals surface area (Å²) in [4.78, 5) is 11.9. The van der Waals surface area contributed by atoms with Crippen molar-refractivity contribution in [1.82, 2.24) is 10.6 Å². The molecular weight excluding hydrogens is 238 g/mol. The first-order valence-electron chi connectivity index (χ1n) is 7.07. The molecule has 1 fully saturated rings. The monoisotopic (exact) mass is 261 g/mol. The maximum Gasteiger partial charge on any atom is 0.315 e. The fourth-order valence-electron chi connectivity index (χ4n) is 2.54. The molecule has 1 aromatic carbocycles. The SMILES string of the molecule is CC(NC(=O)NC1CCCCC1)c1ccc(N)cc1. The lowest BCUT2D eigenvalue weighted by molar-refractivity contribution is 0.229. The van der Waals surface area contributed by atoms with E-state index in [1.54, 1.807) is 0 Å². The summed E-state index contributed by atoms with van der Waals surface area (Å²) in [5, 5.41) is 6.03. The summed E-state index contributed by atoms with van der Waals surface area (Å²) < 4.78 is 0. The van der Waals surface area contributed by atoms with E-state index in [2.05, 4.69) is 10.6 Å². The van der Waals surface area contributed by atoms with Gasteiger partial charge in [0.05, 0.1) is 6.04 Å². The number of hydrogen-bond donors (Lipinski definition) is 3. The highest BCUT2D eigenvalue weighted by Gasteiger charge is 2.16. The molecule has 2 amide bonds. The standard InChI is InChI=1S/C15H23N3O/c1-11(12-7-9-13(16)10-8-12)17-15(19)18-14-5-3-2-4-6-14/h7-11,14H,2-6,16H2,1H3,(H2,17,18,19). The molecule has 0 bridgehead atoms. The molecule has 1 unspecified atom stereocenters. The van der Waals surface area contributed by atoms with Crippen LogP contribution < -0.4 is 16.4 Å². The fraction of sp³-hybridized carbons (Fsp3) is 0.533. The quantitative estimate of drug-likeness (QED) is 0.732. The summed E-state index contributed by atoms with van der Waals surface area (Å²) in [7, 11) is 0. The first-order chi connectivity index (χ1) is 9.15. The van der Waals surface area contributed by atoms with Crippen molar-refractivity contribution in [3.63, 3.8) is 0 Å². The van der Waals surface area contributed by atoms with E-state index >= 15 is 0 Å². The number of benzene rings is 1.